The van der Waals surface area contributed by atoms with Gasteiger partial charge >= 0.3 is 6.03 Å². The maximum Gasteiger partial charge on any atom is 0.316 e. The van der Waals surface area contributed by atoms with Gasteiger partial charge in [0.2, 0.25) is 0 Å². The second-order valence-corrected chi connectivity index (χ2v) is 6.57. The van der Waals surface area contributed by atoms with Crippen LogP contribution in [-0.4, -0.2) is 44.8 Å². The van der Waals surface area contributed by atoms with Crippen molar-refractivity contribution >= 4 is 17.6 Å². The molecule has 7 nitrogen and oxygen atoms in total. The van der Waals surface area contributed by atoms with E-state index in [1.807, 2.05) is 30.3 Å². The average molecular weight is 369 g/mol. The van der Waals surface area contributed by atoms with Gasteiger partial charge in [0.25, 0.3) is 5.91 Å². The number of ether oxygens (including phenoxy) is 1. The highest BCUT2D eigenvalue weighted by Crippen LogP contribution is 2.14. The van der Waals surface area contributed by atoms with Crippen LogP contribution in [0.2, 0.25) is 0 Å². The number of urea groups is 1. The molecule has 1 heterocycles. The molecule has 27 heavy (non-hydrogen) atoms. The molecule has 5 N–H and O–H groups in total. The Hall–Kier alpha value is -2.90. The predicted molar refractivity (Wildman–Crippen MR) is 103 cm³/mol. The van der Waals surface area contributed by atoms with Crippen LogP contribution in [0, 0.1) is 0 Å². The normalized spacial score (nSPS) is 15.7. The number of amides is 3. The second-order valence-electron chi connectivity index (χ2n) is 6.57. The van der Waals surface area contributed by atoms with Crippen molar-refractivity contribution in [3.63, 3.8) is 0 Å². The van der Waals surface area contributed by atoms with Crippen molar-refractivity contribution in [3.05, 3.63) is 65.7 Å². The number of nitrogens with one attached hydrogen (secondary N) is 3. The van der Waals surface area contributed by atoms with Gasteiger partial charge in [0, 0.05) is 11.3 Å². The number of primary amides is 1. The van der Waals surface area contributed by atoms with Crippen LogP contribution in [-0.2, 0) is 4.74 Å². The van der Waals surface area contributed by atoms with E-state index in [-0.39, 0.29) is 11.9 Å². The third-order valence-electron chi connectivity index (χ3n) is 4.59. The van der Waals surface area contributed by atoms with E-state index < -0.39 is 6.03 Å². The molecule has 3 amide bonds. The summed E-state index contributed by atoms with van der Waals surface area (Å²) < 4.78 is 5.43. The van der Waals surface area contributed by atoms with Crippen LogP contribution in [0.1, 0.15) is 22.0 Å². The zero-order valence-electron chi connectivity index (χ0n) is 15.1. The van der Waals surface area contributed by atoms with E-state index in [1.165, 1.54) is 4.90 Å². The van der Waals surface area contributed by atoms with Crippen molar-refractivity contribution in [2.75, 3.05) is 38.2 Å². The first-order valence-corrected chi connectivity index (χ1v) is 9.05. The monoisotopic (exact) mass is 369 g/mol. The highest BCUT2D eigenvalue weighted by Gasteiger charge is 2.23. The van der Waals surface area contributed by atoms with Crippen LogP contribution in [0.25, 0.3) is 0 Å². The molecule has 1 atom stereocenters. The fourth-order valence-electron chi connectivity index (χ4n) is 3.21. The quantitative estimate of drug-likeness (QED) is 0.599. The maximum atomic E-state index is 12.8. The fraction of sp³-hybridized carbons (Fsp3) is 0.300. The molecular weight excluding hydrogens is 344 g/mol. The van der Waals surface area contributed by atoms with Crippen LogP contribution in [0.15, 0.2) is 54.6 Å². The smallest absolute Gasteiger partial charge is 0.316 e. The maximum absolute atomic E-state index is 12.8. The number of morpholine rings is 1. The summed E-state index contributed by atoms with van der Waals surface area (Å²) >= 11 is 0. The van der Waals surface area contributed by atoms with E-state index in [1.54, 1.807) is 24.3 Å². The molecule has 0 unspecified atom stereocenters. The van der Waals surface area contributed by atoms with Gasteiger partial charge < -0.3 is 26.0 Å². The molecule has 0 bridgehead atoms. The van der Waals surface area contributed by atoms with Crippen LogP contribution < -0.4 is 21.3 Å². The Morgan fingerprint density at radius 3 is 2.52 bits per heavy atom. The molecule has 0 saturated carbocycles. The number of hydrogen-bond acceptors (Lipinski definition) is 3. The topological polar surface area (TPSA) is 97.9 Å². The molecule has 1 aliphatic heterocycles. The molecule has 1 aliphatic rings. The summed E-state index contributed by atoms with van der Waals surface area (Å²) in [5.41, 5.74) is 7.18. The second kappa shape index (κ2) is 9.16. The van der Waals surface area contributed by atoms with Crippen molar-refractivity contribution in [2.45, 2.75) is 6.04 Å². The fourth-order valence-corrected chi connectivity index (χ4v) is 3.21. The highest BCUT2D eigenvalue weighted by atomic mass is 16.5. The number of nitrogens with two attached hydrogens (primary N) is 1. The number of rotatable bonds is 6. The molecular formula is C20H25N4O3+. The van der Waals surface area contributed by atoms with Crippen LogP contribution in [0.4, 0.5) is 10.5 Å². The molecule has 2 aromatic carbocycles. The minimum atomic E-state index is -0.661. The van der Waals surface area contributed by atoms with Crippen LogP contribution in [0.3, 0.4) is 0 Å². The van der Waals surface area contributed by atoms with Gasteiger partial charge in [-0.05, 0) is 23.8 Å². The third kappa shape index (κ3) is 5.54. The summed E-state index contributed by atoms with van der Waals surface area (Å²) in [6.07, 6.45) is 0. The van der Waals surface area contributed by atoms with Crippen molar-refractivity contribution in [1.29, 1.82) is 0 Å². The molecule has 1 fully saturated rings. The summed E-state index contributed by atoms with van der Waals surface area (Å²) in [6.45, 7) is 4.13. The first kappa shape index (κ1) is 18.9. The Balaban J connectivity index is 1.74. The van der Waals surface area contributed by atoms with Gasteiger partial charge in [-0.1, -0.05) is 36.4 Å². The first-order chi connectivity index (χ1) is 13.1. The predicted octanol–water partition coefficient (Wildman–Crippen LogP) is 0.563. The number of hydrogen-bond donors (Lipinski definition) is 4. The largest absolute Gasteiger partial charge is 0.370 e. The Labute approximate surface area is 158 Å². The van der Waals surface area contributed by atoms with Crippen molar-refractivity contribution in [2.24, 2.45) is 5.73 Å². The third-order valence-corrected chi connectivity index (χ3v) is 4.59. The zero-order valence-corrected chi connectivity index (χ0v) is 15.1. The molecule has 1 saturated heterocycles. The number of quaternary nitrogens is 1. The van der Waals surface area contributed by atoms with E-state index in [9.17, 15) is 9.59 Å². The Morgan fingerprint density at radius 1 is 1.07 bits per heavy atom. The Kier molecular flexibility index (Phi) is 6.40. The van der Waals surface area contributed by atoms with Crippen LogP contribution >= 0.6 is 0 Å². The SMILES string of the molecule is NC(=O)Nc1cccc(C(=O)N[C@@H](C[NH+]2CCOCC2)c2ccccc2)c1. The number of anilines is 1. The Morgan fingerprint density at radius 2 is 1.81 bits per heavy atom. The lowest BCUT2D eigenvalue weighted by molar-refractivity contribution is -0.909. The molecule has 3 rings (SSSR count). The molecule has 7 heteroatoms. The van der Waals surface area contributed by atoms with E-state index in [2.05, 4.69) is 10.6 Å². The minimum absolute atomic E-state index is 0.112. The van der Waals surface area contributed by atoms with E-state index in [0.29, 0.717) is 11.3 Å². The van der Waals surface area contributed by atoms with Crippen LogP contribution in [0.5, 0.6) is 0 Å². The number of benzene rings is 2. The lowest BCUT2D eigenvalue weighted by Gasteiger charge is -2.28. The molecule has 2 aromatic rings. The van der Waals surface area contributed by atoms with Gasteiger partial charge in [0.1, 0.15) is 25.7 Å². The van der Waals surface area contributed by atoms with E-state index in [4.69, 9.17) is 10.5 Å². The van der Waals surface area contributed by atoms with Crippen molar-refractivity contribution in [1.82, 2.24) is 5.32 Å². The minimum Gasteiger partial charge on any atom is -0.370 e. The molecule has 142 valence electrons. The van der Waals surface area contributed by atoms with E-state index >= 15 is 0 Å². The lowest BCUT2D eigenvalue weighted by atomic mass is 10.0. The summed E-state index contributed by atoms with van der Waals surface area (Å²) in [5, 5.41) is 5.62. The van der Waals surface area contributed by atoms with Gasteiger partial charge in [-0.15, -0.1) is 0 Å². The zero-order chi connectivity index (χ0) is 19.1. The first-order valence-electron chi connectivity index (χ1n) is 9.05. The van der Waals surface area contributed by atoms with Gasteiger partial charge in [-0.3, -0.25) is 4.79 Å². The van der Waals surface area contributed by atoms with Gasteiger partial charge in [-0.2, -0.15) is 0 Å². The Bertz CT molecular complexity index is 776. The lowest BCUT2D eigenvalue weighted by Crippen LogP contribution is -3.14. The van der Waals surface area contributed by atoms with Gasteiger partial charge in [0.05, 0.1) is 13.2 Å². The van der Waals surface area contributed by atoms with Gasteiger partial charge in [0.15, 0.2) is 0 Å². The summed E-state index contributed by atoms with van der Waals surface area (Å²) in [5.74, 6) is -0.190. The average Bonchev–Trinajstić information content (AvgIpc) is 2.68. The van der Waals surface area contributed by atoms with E-state index in [0.717, 1.165) is 38.4 Å². The molecule has 0 spiro atoms. The van der Waals surface area contributed by atoms with Crippen molar-refractivity contribution in [3.8, 4) is 0 Å². The summed E-state index contributed by atoms with van der Waals surface area (Å²) in [6, 6.07) is 15.9. The standard InChI is InChI=1S/C20H24N4O3/c21-20(26)22-17-8-4-7-16(13-17)19(25)23-18(15-5-2-1-3-6-15)14-24-9-11-27-12-10-24/h1-8,13,18H,9-12,14H2,(H,23,25)(H3,21,22,26)/p+1/t18-/m0/s1. The van der Waals surface area contributed by atoms with Gasteiger partial charge in [-0.25, -0.2) is 4.79 Å². The highest BCUT2D eigenvalue weighted by molar-refractivity contribution is 5.96. The number of carbonyl (C=O) groups excluding carboxylic acids is 2. The molecule has 0 radical (unpaired) electrons. The van der Waals surface area contributed by atoms with Crippen molar-refractivity contribution < 1.29 is 19.2 Å². The number of carbonyl (C=O) groups is 2. The molecule has 0 aromatic heterocycles. The molecule has 0 aliphatic carbocycles. The summed E-state index contributed by atoms with van der Waals surface area (Å²) in [4.78, 5) is 25.3. The summed E-state index contributed by atoms with van der Waals surface area (Å²) in [7, 11) is 0.